The van der Waals surface area contributed by atoms with Crippen LogP contribution < -0.4 is 5.32 Å². The number of carbonyl (C=O) groups is 1. The summed E-state index contributed by atoms with van der Waals surface area (Å²) in [6.45, 7) is 0.136. The van der Waals surface area contributed by atoms with Gasteiger partial charge in [-0.3, -0.25) is 4.79 Å². The van der Waals surface area contributed by atoms with Crippen molar-refractivity contribution in [1.82, 2.24) is 15.5 Å². The lowest BCUT2D eigenvalue weighted by Crippen LogP contribution is -2.25. The summed E-state index contributed by atoms with van der Waals surface area (Å²) in [6.07, 6.45) is 0.205. The molecule has 128 valence electrons. The Labute approximate surface area is 140 Å². The van der Waals surface area contributed by atoms with E-state index in [1.165, 1.54) is 18.2 Å². The fourth-order valence-electron chi connectivity index (χ4n) is 2.13. The average molecular weight is 347 g/mol. The van der Waals surface area contributed by atoms with E-state index in [1.54, 1.807) is 12.1 Å². The molecule has 8 heteroatoms. The van der Waals surface area contributed by atoms with Crippen molar-refractivity contribution >= 4 is 5.91 Å². The number of nitrogens with one attached hydrogen (secondary N) is 1. The van der Waals surface area contributed by atoms with E-state index in [0.29, 0.717) is 0 Å². The highest BCUT2D eigenvalue weighted by Crippen LogP contribution is 2.19. The Balaban J connectivity index is 1.58. The SMILES string of the molecule is O=C(NCCc1nc(-c2ccccc2F)no1)c1ccc(F)c(F)c1. The fraction of sp³-hybridized carbons (Fsp3) is 0.118. The van der Waals surface area contributed by atoms with Crippen molar-refractivity contribution in [3.05, 3.63) is 71.4 Å². The van der Waals surface area contributed by atoms with Gasteiger partial charge in [-0.15, -0.1) is 0 Å². The van der Waals surface area contributed by atoms with Crippen LogP contribution in [0.3, 0.4) is 0 Å². The smallest absolute Gasteiger partial charge is 0.251 e. The van der Waals surface area contributed by atoms with Crippen LogP contribution in [-0.2, 0) is 6.42 Å². The van der Waals surface area contributed by atoms with Crippen LogP contribution in [0.1, 0.15) is 16.2 Å². The van der Waals surface area contributed by atoms with Crippen LogP contribution in [0.4, 0.5) is 13.2 Å². The summed E-state index contributed by atoms with van der Waals surface area (Å²) in [4.78, 5) is 15.9. The quantitative estimate of drug-likeness (QED) is 0.770. The van der Waals surface area contributed by atoms with E-state index in [0.717, 1.165) is 12.1 Å². The Morgan fingerprint density at radius 3 is 2.60 bits per heavy atom. The molecule has 2 aromatic carbocycles. The fourth-order valence-corrected chi connectivity index (χ4v) is 2.13. The molecule has 1 heterocycles. The van der Waals surface area contributed by atoms with Crippen LogP contribution in [0.2, 0.25) is 0 Å². The Kier molecular flexibility index (Phi) is 4.78. The summed E-state index contributed by atoms with van der Waals surface area (Å²) in [5, 5.41) is 6.22. The van der Waals surface area contributed by atoms with Crippen LogP contribution in [0, 0.1) is 17.5 Å². The summed E-state index contributed by atoms with van der Waals surface area (Å²) in [6, 6.07) is 8.87. The van der Waals surface area contributed by atoms with Gasteiger partial charge in [-0.05, 0) is 30.3 Å². The van der Waals surface area contributed by atoms with Crippen molar-refractivity contribution in [3.63, 3.8) is 0 Å². The first-order chi connectivity index (χ1) is 12.0. The molecule has 0 saturated carbocycles. The second-order valence-corrected chi connectivity index (χ2v) is 5.13. The van der Waals surface area contributed by atoms with Gasteiger partial charge in [0.2, 0.25) is 11.7 Å². The van der Waals surface area contributed by atoms with Gasteiger partial charge in [0.05, 0.1) is 5.56 Å². The molecule has 0 aliphatic heterocycles. The lowest BCUT2D eigenvalue weighted by atomic mass is 10.2. The minimum absolute atomic E-state index is 0.00326. The summed E-state index contributed by atoms with van der Waals surface area (Å²) in [7, 11) is 0. The maximum Gasteiger partial charge on any atom is 0.251 e. The molecule has 0 unspecified atom stereocenters. The lowest BCUT2D eigenvalue weighted by molar-refractivity contribution is 0.0953. The standard InChI is InChI=1S/C17H12F3N3O2/c18-12-4-2-1-3-11(12)16-22-15(25-23-16)7-8-21-17(24)10-5-6-13(19)14(20)9-10/h1-6,9H,7-8H2,(H,21,24). The molecule has 3 rings (SSSR count). The van der Waals surface area contributed by atoms with E-state index in [2.05, 4.69) is 15.5 Å². The maximum absolute atomic E-state index is 13.7. The molecule has 1 aromatic heterocycles. The number of hydrogen-bond donors (Lipinski definition) is 1. The predicted octanol–water partition coefficient (Wildman–Crippen LogP) is 3.13. The Morgan fingerprint density at radius 1 is 1.04 bits per heavy atom. The van der Waals surface area contributed by atoms with Crippen molar-refractivity contribution < 1.29 is 22.5 Å². The Bertz CT molecular complexity index is 912. The second-order valence-electron chi connectivity index (χ2n) is 5.13. The van der Waals surface area contributed by atoms with Crippen LogP contribution in [0.5, 0.6) is 0 Å². The second kappa shape index (κ2) is 7.16. The molecule has 0 aliphatic carbocycles. The highest BCUT2D eigenvalue weighted by molar-refractivity contribution is 5.94. The lowest BCUT2D eigenvalue weighted by Gasteiger charge is -2.03. The highest BCUT2D eigenvalue weighted by Gasteiger charge is 2.13. The van der Waals surface area contributed by atoms with E-state index in [1.807, 2.05) is 0 Å². The van der Waals surface area contributed by atoms with Crippen molar-refractivity contribution in [2.75, 3.05) is 6.54 Å². The zero-order valence-electron chi connectivity index (χ0n) is 12.8. The number of carbonyl (C=O) groups excluding carboxylic acids is 1. The van der Waals surface area contributed by atoms with E-state index in [4.69, 9.17) is 4.52 Å². The largest absolute Gasteiger partial charge is 0.352 e. The normalized spacial score (nSPS) is 10.7. The zero-order valence-corrected chi connectivity index (χ0v) is 12.8. The van der Waals surface area contributed by atoms with E-state index >= 15 is 0 Å². The van der Waals surface area contributed by atoms with Crippen molar-refractivity contribution in [2.45, 2.75) is 6.42 Å². The summed E-state index contributed by atoms with van der Waals surface area (Å²) in [5.41, 5.74) is 0.208. The zero-order chi connectivity index (χ0) is 17.8. The van der Waals surface area contributed by atoms with Gasteiger partial charge >= 0.3 is 0 Å². The van der Waals surface area contributed by atoms with Crippen molar-refractivity contribution in [3.8, 4) is 11.4 Å². The van der Waals surface area contributed by atoms with Crippen LogP contribution >= 0.6 is 0 Å². The van der Waals surface area contributed by atoms with Gasteiger partial charge in [0.15, 0.2) is 11.6 Å². The van der Waals surface area contributed by atoms with Crippen molar-refractivity contribution in [2.24, 2.45) is 0 Å². The molecule has 0 atom stereocenters. The predicted molar refractivity (Wildman–Crippen MR) is 82.1 cm³/mol. The first-order valence-corrected chi connectivity index (χ1v) is 7.35. The van der Waals surface area contributed by atoms with Crippen molar-refractivity contribution in [1.29, 1.82) is 0 Å². The number of halogens is 3. The monoisotopic (exact) mass is 347 g/mol. The highest BCUT2D eigenvalue weighted by atomic mass is 19.2. The number of hydrogen-bond acceptors (Lipinski definition) is 4. The van der Waals surface area contributed by atoms with Crippen LogP contribution in [0.25, 0.3) is 11.4 Å². The van der Waals surface area contributed by atoms with E-state index < -0.39 is 23.4 Å². The molecule has 0 spiro atoms. The molecule has 0 radical (unpaired) electrons. The van der Waals surface area contributed by atoms with Gasteiger partial charge in [-0.2, -0.15) is 4.98 Å². The van der Waals surface area contributed by atoms with Gasteiger partial charge in [0.1, 0.15) is 5.82 Å². The van der Waals surface area contributed by atoms with E-state index in [9.17, 15) is 18.0 Å². The Hall–Kier alpha value is -3.16. The van der Waals surface area contributed by atoms with Gasteiger partial charge in [-0.25, -0.2) is 13.2 Å². The molecular weight excluding hydrogens is 335 g/mol. The molecule has 1 amide bonds. The van der Waals surface area contributed by atoms with E-state index in [-0.39, 0.29) is 35.8 Å². The van der Waals surface area contributed by atoms with Gasteiger partial charge in [0, 0.05) is 18.5 Å². The first-order valence-electron chi connectivity index (χ1n) is 7.35. The minimum Gasteiger partial charge on any atom is -0.352 e. The molecular formula is C17H12F3N3O2. The Morgan fingerprint density at radius 2 is 1.84 bits per heavy atom. The number of benzene rings is 2. The molecule has 0 bridgehead atoms. The third kappa shape index (κ3) is 3.85. The summed E-state index contributed by atoms with van der Waals surface area (Å²) >= 11 is 0. The van der Waals surface area contributed by atoms with Gasteiger partial charge in [-0.1, -0.05) is 17.3 Å². The molecule has 3 aromatic rings. The average Bonchev–Trinajstić information content (AvgIpc) is 3.06. The van der Waals surface area contributed by atoms with Gasteiger partial charge < -0.3 is 9.84 Å². The number of aromatic nitrogens is 2. The van der Waals surface area contributed by atoms with Gasteiger partial charge in [0.25, 0.3) is 5.91 Å². The molecule has 0 saturated heterocycles. The molecule has 25 heavy (non-hydrogen) atoms. The minimum atomic E-state index is -1.10. The molecule has 5 nitrogen and oxygen atoms in total. The number of amides is 1. The van der Waals surface area contributed by atoms with Crippen LogP contribution in [0.15, 0.2) is 47.0 Å². The summed E-state index contributed by atoms with van der Waals surface area (Å²) < 4.78 is 44.6. The number of rotatable bonds is 5. The first kappa shape index (κ1) is 16.7. The topological polar surface area (TPSA) is 68.0 Å². The maximum atomic E-state index is 13.7. The van der Waals surface area contributed by atoms with Crippen LogP contribution in [-0.4, -0.2) is 22.6 Å². The molecule has 0 fully saturated rings. The number of nitrogens with zero attached hydrogens (tertiary/aromatic N) is 2. The molecule has 1 N–H and O–H groups in total. The summed E-state index contributed by atoms with van der Waals surface area (Å²) in [5.74, 6) is -2.83. The third-order valence-corrected chi connectivity index (χ3v) is 3.39. The molecule has 0 aliphatic rings. The third-order valence-electron chi connectivity index (χ3n) is 3.39.